The first-order valence-electron chi connectivity index (χ1n) is 11.4. The molecule has 0 saturated carbocycles. The van der Waals surface area contributed by atoms with E-state index in [4.69, 9.17) is 0 Å². The Balaban J connectivity index is 1.29. The van der Waals surface area contributed by atoms with Crippen molar-refractivity contribution in [3.05, 3.63) is 142 Å². The molecule has 166 valence electrons. The lowest BCUT2D eigenvalue weighted by Gasteiger charge is -2.12. The summed E-state index contributed by atoms with van der Waals surface area (Å²) < 4.78 is 26.8. The SMILES string of the molecule is C[C@H](Cc1ccc(CCc2ccc(C=Cc3ccc(F)cc3F)cc2)cc1)c1ccccc1. The van der Waals surface area contributed by atoms with Crippen LogP contribution in [0.2, 0.25) is 0 Å². The van der Waals surface area contributed by atoms with E-state index in [1.165, 1.54) is 34.4 Å². The first kappa shape index (κ1) is 22.7. The molecule has 0 spiro atoms. The summed E-state index contributed by atoms with van der Waals surface area (Å²) in [5, 5.41) is 0. The Morgan fingerprint density at radius 1 is 0.667 bits per heavy atom. The quantitative estimate of drug-likeness (QED) is 0.243. The van der Waals surface area contributed by atoms with Crippen LogP contribution in [-0.4, -0.2) is 0 Å². The van der Waals surface area contributed by atoms with E-state index in [2.05, 4.69) is 73.7 Å². The number of hydrogen-bond donors (Lipinski definition) is 0. The highest BCUT2D eigenvalue weighted by Gasteiger charge is 2.06. The van der Waals surface area contributed by atoms with Crippen molar-refractivity contribution in [2.45, 2.75) is 32.1 Å². The number of halogens is 2. The van der Waals surface area contributed by atoms with Gasteiger partial charge in [-0.15, -0.1) is 0 Å². The highest BCUT2D eigenvalue weighted by Crippen LogP contribution is 2.21. The van der Waals surface area contributed by atoms with E-state index in [9.17, 15) is 8.78 Å². The van der Waals surface area contributed by atoms with Crippen LogP contribution >= 0.6 is 0 Å². The van der Waals surface area contributed by atoms with Crippen molar-refractivity contribution < 1.29 is 8.78 Å². The van der Waals surface area contributed by atoms with Gasteiger partial charge in [-0.1, -0.05) is 97.9 Å². The van der Waals surface area contributed by atoms with E-state index in [1.807, 2.05) is 18.2 Å². The third-order valence-electron chi connectivity index (χ3n) is 6.03. The van der Waals surface area contributed by atoms with Gasteiger partial charge in [-0.05, 0) is 65.1 Å². The molecule has 0 aliphatic rings. The maximum Gasteiger partial charge on any atom is 0.133 e. The van der Waals surface area contributed by atoms with E-state index in [-0.39, 0.29) is 0 Å². The van der Waals surface area contributed by atoms with Crippen LogP contribution in [-0.2, 0) is 19.3 Å². The van der Waals surface area contributed by atoms with Crippen molar-refractivity contribution in [1.29, 1.82) is 0 Å². The molecule has 0 N–H and O–H groups in total. The van der Waals surface area contributed by atoms with E-state index < -0.39 is 11.6 Å². The summed E-state index contributed by atoms with van der Waals surface area (Å²) in [5.41, 5.74) is 6.71. The van der Waals surface area contributed by atoms with E-state index in [1.54, 1.807) is 6.08 Å². The summed E-state index contributed by atoms with van der Waals surface area (Å²) >= 11 is 0. The number of hydrogen-bond acceptors (Lipinski definition) is 0. The fraction of sp³-hybridized carbons (Fsp3) is 0.161. The zero-order valence-corrected chi connectivity index (χ0v) is 18.8. The molecule has 0 heterocycles. The third-order valence-corrected chi connectivity index (χ3v) is 6.03. The summed E-state index contributed by atoms with van der Waals surface area (Å²) in [6, 6.07) is 31.5. The molecule has 4 rings (SSSR count). The number of rotatable bonds is 8. The lowest BCUT2D eigenvalue weighted by Crippen LogP contribution is -1.99. The molecule has 4 aromatic carbocycles. The van der Waals surface area contributed by atoms with Crippen LogP contribution in [0.15, 0.2) is 97.1 Å². The van der Waals surface area contributed by atoms with Crippen molar-refractivity contribution >= 4 is 12.2 Å². The Bertz CT molecular complexity index is 1190. The first-order chi connectivity index (χ1) is 16.1. The van der Waals surface area contributed by atoms with E-state index in [0.29, 0.717) is 11.5 Å². The smallest absolute Gasteiger partial charge is 0.133 e. The van der Waals surface area contributed by atoms with Crippen molar-refractivity contribution in [2.24, 2.45) is 0 Å². The zero-order valence-electron chi connectivity index (χ0n) is 18.8. The largest absolute Gasteiger partial charge is 0.207 e. The summed E-state index contributed by atoms with van der Waals surface area (Å²) in [6.45, 7) is 2.28. The van der Waals surface area contributed by atoms with Gasteiger partial charge in [0.25, 0.3) is 0 Å². The molecule has 33 heavy (non-hydrogen) atoms. The van der Waals surface area contributed by atoms with Crippen LogP contribution in [0.3, 0.4) is 0 Å². The van der Waals surface area contributed by atoms with Crippen molar-refractivity contribution in [3.63, 3.8) is 0 Å². The van der Waals surface area contributed by atoms with Crippen molar-refractivity contribution in [2.75, 3.05) is 0 Å². The highest BCUT2D eigenvalue weighted by atomic mass is 19.1. The lowest BCUT2D eigenvalue weighted by molar-refractivity contribution is 0.581. The first-order valence-corrected chi connectivity index (χ1v) is 11.4. The van der Waals surface area contributed by atoms with Crippen LogP contribution in [0.4, 0.5) is 8.78 Å². The minimum Gasteiger partial charge on any atom is -0.207 e. The average Bonchev–Trinajstić information content (AvgIpc) is 2.84. The van der Waals surface area contributed by atoms with Gasteiger partial charge in [0.2, 0.25) is 0 Å². The van der Waals surface area contributed by atoms with Gasteiger partial charge in [0.1, 0.15) is 11.6 Å². The molecule has 0 aliphatic heterocycles. The predicted octanol–water partition coefficient (Wildman–Crippen LogP) is 8.27. The van der Waals surface area contributed by atoms with Crippen LogP contribution in [0, 0.1) is 11.6 Å². The minimum absolute atomic E-state index is 0.377. The highest BCUT2D eigenvalue weighted by molar-refractivity contribution is 5.69. The molecule has 2 heteroatoms. The lowest BCUT2D eigenvalue weighted by atomic mass is 9.93. The fourth-order valence-corrected chi connectivity index (χ4v) is 4.00. The van der Waals surface area contributed by atoms with Gasteiger partial charge in [0.05, 0.1) is 0 Å². The second-order valence-corrected chi connectivity index (χ2v) is 8.57. The standard InChI is InChI=1S/C31H28F2/c1-23(28-5-3-2-4-6-28)21-27-15-13-25(14-16-27)8-7-24-9-11-26(12-10-24)17-18-29-19-20-30(32)22-31(29)33/h2-6,9-20,22-23H,7-8,21H2,1H3/t23-/m1/s1. The molecule has 0 amide bonds. The molecular weight excluding hydrogens is 410 g/mol. The molecule has 0 unspecified atom stereocenters. The van der Waals surface area contributed by atoms with Gasteiger partial charge in [-0.2, -0.15) is 0 Å². The Kier molecular flexibility index (Phi) is 7.47. The maximum atomic E-state index is 13.8. The van der Waals surface area contributed by atoms with Gasteiger partial charge in [0, 0.05) is 11.6 Å². The molecule has 0 radical (unpaired) electrons. The minimum atomic E-state index is -0.564. The Morgan fingerprint density at radius 3 is 1.91 bits per heavy atom. The zero-order chi connectivity index (χ0) is 23.0. The van der Waals surface area contributed by atoms with Gasteiger partial charge in [-0.3, -0.25) is 0 Å². The van der Waals surface area contributed by atoms with Crippen molar-refractivity contribution in [3.8, 4) is 0 Å². The molecule has 0 saturated heterocycles. The molecule has 0 bridgehead atoms. The van der Waals surface area contributed by atoms with Gasteiger partial charge >= 0.3 is 0 Å². The summed E-state index contributed by atoms with van der Waals surface area (Å²) in [4.78, 5) is 0. The fourth-order valence-electron chi connectivity index (χ4n) is 4.00. The number of aryl methyl sites for hydroxylation is 2. The van der Waals surface area contributed by atoms with Gasteiger partial charge in [0.15, 0.2) is 0 Å². The third kappa shape index (κ3) is 6.49. The van der Waals surface area contributed by atoms with Crippen LogP contribution < -0.4 is 0 Å². The Hall–Kier alpha value is -3.52. The predicted molar refractivity (Wildman–Crippen MR) is 134 cm³/mol. The number of benzene rings is 4. The van der Waals surface area contributed by atoms with E-state index in [0.717, 1.165) is 30.9 Å². The molecule has 0 aliphatic carbocycles. The second kappa shape index (κ2) is 10.9. The van der Waals surface area contributed by atoms with Crippen molar-refractivity contribution in [1.82, 2.24) is 0 Å². The average molecular weight is 439 g/mol. The van der Waals surface area contributed by atoms with Gasteiger partial charge in [-0.25, -0.2) is 8.78 Å². The van der Waals surface area contributed by atoms with Crippen LogP contribution in [0.25, 0.3) is 12.2 Å². The monoisotopic (exact) mass is 438 g/mol. The van der Waals surface area contributed by atoms with Crippen LogP contribution in [0.5, 0.6) is 0 Å². The summed E-state index contributed by atoms with van der Waals surface area (Å²) in [5.74, 6) is -0.613. The maximum absolute atomic E-state index is 13.8. The Morgan fingerprint density at radius 2 is 1.27 bits per heavy atom. The van der Waals surface area contributed by atoms with Crippen LogP contribution in [0.1, 0.15) is 46.2 Å². The topological polar surface area (TPSA) is 0 Å². The van der Waals surface area contributed by atoms with E-state index >= 15 is 0 Å². The summed E-state index contributed by atoms with van der Waals surface area (Å²) in [7, 11) is 0. The Labute approximate surface area is 195 Å². The summed E-state index contributed by atoms with van der Waals surface area (Å²) in [6.07, 6.45) is 6.52. The molecule has 4 aromatic rings. The van der Waals surface area contributed by atoms with Gasteiger partial charge < -0.3 is 0 Å². The molecular formula is C31H28F2. The normalized spacial score (nSPS) is 12.2. The molecule has 0 fully saturated rings. The molecule has 0 aromatic heterocycles. The molecule has 0 nitrogen and oxygen atoms in total. The molecule has 1 atom stereocenters. The second-order valence-electron chi connectivity index (χ2n) is 8.57.